The van der Waals surface area contributed by atoms with Crippen LogP contribution in [-0.4, -0.2) is 15.2 Å². The number of nitrogens with zero attached hydrogens (tertiary/aromatic N) is 3. The zero-order valence-electron chi connectivity index (χ0n) is 14.5. The maximum atomic E-state index is 5.79. The molecule has 0 fully saturated rings. The fourth-order valence-electron chi connectivity index (χ4n) is 2.50. The molecular formula is C20H17N3O2S. The first kappa shape index (κ1) is 16.6. The number of hydrogen-bond donors (Lipinski definition) is 0. The van der Waals surface area contributed by atoms with Crippen molar-refractivity contribution >= 4 is 11.8 Å². The summed E-state index contributed by atoms with van der Waals surface area (Å²) < 4.78 is 11.5. The van der Waals surface area contributed by atoms with Crippen LogP contribution in [0.25, 0.3) is 22.8 Å². The van der Waals surface area contributed by atoms with Gasteiger partial charge in [0.25, 0.3) is 5.22 Å². The topological polar surface area (TPSA) is 65.0 Å². The molecule has 0 aliphatic heterocycles. The molecule has 0 atom stereocenters. The van der Waals surface area contributed by atoms with Crippen LogP contribution in [0.5, 0.6) is 0 Å². The van der Waals surface area contributed by atoms with Gasteiger partial charge in [-0.1, -0.05) is 48.2 Å². The van der Waals surface area contributed by atoms with Crippen LogP contribution in [-0.2, 0) is 5.75 Å². The van der Waals surface area contributed by atoms with Crippen molar-refractivity contribution in [3.8, 4) is 22.8 Å². The molecule has 4 rings (SSSR count). The van der Waals surface area contributed by atoms with E-state index in [0.29, 0.717) is 22.8 Å². The Bertz CT molecular complexity index is 1020. The predicted molar refractivity (Wildman–Crippen MR) is 101 cm³/mol. The highest BCUT2D eigenvalue weighted by Crippen LogP contribution is 2.28. The summed E-state index contributed by atoms with van der Waals surface area (Å²) in [6.07, 6.45) is 1.74. The van der Waals surface area contributed by atoms with E-state index in [1.165, 1.54) is 22.9 Å². The second-order valence-electron chi connectivity index (χ2n) is 5.95. The molecule has 0 spiro atoms. The highest BCUT2D eigenvalue weighted by Gasteiger charge is 2.12. The molecule has 0 radical (unpaired) electrons. The van der Waals surface area contributed by atoms with Crippen LogP contribution in [0.4, 0.5) is 0 Å². The maximum Gasteiger partial charge on any atom is 0.277 e. The van der Waals surface area contributed by atoms with Crippen molar-refractivity contribution in [1.29, 1.82) is 0 Å². The van der Waals surface area contributed by atoms with Crippen LogP contribution >= 0.6 is 11.8 Å². The smallest absolute Gasteiger partial charge is 0.277 e. The Morgan fingerprint density at radius 3 is 2.54 bits per heavy atom. The molecule has 0 unspecified atom stereocenters. The van der Waals surface area contributed by atoms with Crippen LogP contribution in [0.3, 0.4) is 0 Å². The van der Waals surface area contributed by atoms with Gasteiger partial charge in [-0.15, -0.1) is 10.2 Å². The molecule has 5 nitrogen and oxygen atoms in total. The van der Waals surface area contributed by atoms with E-state index in [9.17, 15) is 0 Å². The quantitative estimate of drug-likeness (QED) is 0.448. The largest absolute Gasteiger partial charge is 0.440 e. The lowest BCUT2D eigenvalue weighted by molar-refractivity contribution is 0.464. The molecule has 2 aromatic heterocycles. The minimum atomic E-state index is 0.498. The van der Waals surface area contributed by atoms with Crippen LogP contribution < -0.4 is 0 Å². The van der Waals surface area contributed by atoms with Gasteiger partial charge in [0, 0.05) is 11.1 Å². The Morgan fingerprint density at radius 1 is 0.885 bits per heavy atom. The number of oxazole rings is 1. The van der Waals surface area contributed by atoms with Crippen molar-refractivity contribution in [2.45, 2.75) is 24.8 Å². The van der Waals surface area contributed by atoms with Crippen LogP contribution in [0.1, 0.15) is 17.0 Å². The summed E-state index contributed by atoms with van der Waals surface area (Å²) >= 11 is 1.41. The third-order valence-corrected chi connectivity index (χ3v) is 4.89. The Morgan fingerprint density at radius 2 is 1.73 bits per heavy atom. The number of aryl methyl sites for hydroxylation is 2. The summed E-state index contributed by atoms with van der Waals surface area (Å²) in [4.78, 5) is 4.32. The molecule has 0 aliphatic carbocycles. The Labute approximate surface area is 155 Å². The van der Waals surface area contributed by atoms with Gasteiger partial charge in [-0.25, -0.2) is 4.98 Å². The number of benzene rings is 2. The third-order valence-electron chi connectivity index (χ3n) is 4.09. The third kappa shape index (κ3) is 3.55. The minimum Gasteiger partial charge on any atom is -0.440 e. The molecule has 130 valence electrons. The standard InChI is InChI=1S/C20H17N3O2S/c1-13-8-9-16(10-14(13)2)19-22-23-20(25-19)26-12-18-21-11-17(24-18)15-6-4-3-5-7-15/h3-11H,12H2,1-2H3. The number of hydrogen-bond acceptors (Lipinski definition) is 6. The van der Waals surface area contributed by atoms with Gasteiger partial charge >= 0.3 is 0 Å². The second-order valence-corrected chi connectivity index (χ2v) is 6.87. The fraction of sp³-hybridized carbons (Fsp3) is 0.150. The number of aromatic nitrogens is 3. The zero-order valence-corrected chi connectivity index (χ0v) is 15.3. The van der Waals surface area contributed by atoms with E-state index in [2.05, 4.69) is 41.2 Å². The van der Waals surface area contributed by atoms with E-state index in [4.69, 9.17) is 8.83 Å². The van der Waals surface area contributed by atoms with Gasteiger partial charge < -0.3 is 8.83 Å². The monoisotopic (exact) mass is 363 g/mol. The Kier molecular flexibility index (Phi) is 4.58. The summed E-state index contributed by atoms with van der Waals surface area (Å²) in [5, 5.41) is 8.73. The Balaban J connectivity index is 1.44. The average molecular weight is 363 g/mol. The van der Waals surface area contributed by atoms with Gasteiger partial charge in [0.2, 0.25) is 11.8 Å². The summed E-state index contributed by atoms with van der Waals surface area (Å²) in [5.41, 5.74) is 4.37. The second kappa shape index (κ2) is 7.17. The Hall–Kier alpha value is -2.86. The van der Waals surface area contributed by atoms with Gasteiger partial charge in [0.05, 0.1) is 11.9 Å². The van der Waals surface area contributed by atoms with E-state index in [0.717, 1.165) is 16.9 Å². The SMILES string of the molecule is Cc1ccc(-c2nnc(SCc3ncc(-c4ccccc4)o3)o2)cc1C. The molecule has 0 aliphatic rings. The molecule has 0 bridgehead atoms. The normalized spacial score (nSPS) is 11.0. The lowest BCUT2D eigenvalue weighted by atomic mass is 10.1. The maximum absolute atomic E-state index is 5.79. The minimum absolute atomic E-state index is 0.498. The lowest BCUT2D eigenvalue weighted by Crippen LogP contribution is -1.83. The number of thioether (sulfide) groups is 1. The van der Waals surface area contributed by atoms with Crippen LogP contribution in [0, 0.1) is 13.8 Å². The number of rotatable bonds is 5. The van der Waals surface area contributed by atoms with Gasteiger partial charge in [-0.3, -0.25) is 0 Å². The molecule has 2 aromatic carbocycles. The molecule has 0 N–H and O–H groups in total. The predicted octanol–water partition coefficient (Wildman–Crippen LogP) is 5.30. The van der Waals surface area contributed by atoms with Crippen molar-refractivity contribution in [2.24, 2.45) is 0 Å². The summed E-state index contributed by atoms with van der Waals surface area (Å²) in [6.45, 7) is 4.14. The van der Waals surface area contributed by atoms with Crippen LogP contribution in [0.15, 0.2) is 68.8 Å². The first-order valence-corrected chi connectivity index (χ1v) is 9.21. The molecule has 4 aromatic rings. The van der Waals surface area contributed by atoms with E-state index >= 15 is 0 Å². The molecule has 26 heavy (non-hydrogen) atoms. The first-order chi connectivity index (χ1) is 12.7. The van der Waals surface area contributed by atoms with Gasteiger partial charge in [0.15, 0.2) is 5.76 Å². The van der Waals surface area contributed by atoms with Crippen molar-refractivity contribution in [1.82, 2.24) is 15.2 Å². The van der Waals surface area contributed by atoms with E-state index < -0.39 is 0 Å². The van der Waals surface area contributed by atoms with Crippen molar-refractivity contribution in [3.63, 3.8) is 0 Å². The molecule has 0 amide bonds. The van der Waals surface area contributed by atoms with Crippen molar-refractivity contribution in [2.75, 3.05) is 0 Å². The van der Waals surface area contributed by atoms with Crippen LogP contribution in [0.2, 0.25) is 0 Å². The summed E-state index contributed by atoms with van der Waals surface area (Å²) in [7, 11) is 0. The zero-order chi connectivity index (χ0) is 17.9. The van der Waals surface area contributed by atoms with Gasteiger partial charge in [0.1, 0.15) is 0 Å². The molecule has 2 heterocycles. The first-order valence-electron chi connectivity index (χ1n) is 8.23. The summed E-state index contributed by atoms with van der Waals surface area (Å²) in [6, 6.07) is 16.0. The highest BCUT2D eigenvalue weighted by molar-refractivity contribution is 7.98. The van der Waals surface area contributed by atoms with Crippen molar-refractivity contribution < 1.29 is 8.83 Å². The lowest BCUT2D eigenvalue weighted by Gasteiger charge is -2.00. The fourth-order valence-corrected chi connectivity index (χ4v) is 3.11. The average Bonchev–Trinajstić information content (AvgIpc) is 3.32. The van der Waals surface area contributed by atoms with Crippen molar-refractivity contribution in [3.05, 3.63) is 71.7 Å². The van der Waals surface area contributed by atoms with E-state index in [-0.39, 0.29) is 0 Å². The molecule has 0 saturated heterocycles. The van der Waals surface area contributed by atoms with E-state index in [1.54, 1.807) is 6.20 Å². The van der Waals surface area contributed by atoms with Gasteiger partial charge in [-0.2, -0.15) is 0 Å². The molecule has 0 saturated carbocycles. The summed E-state index contributed by atoms with van der Waals surface area (Å²) in [5.74, 6) is 2.43. The highest BCUT2D eigenvalue weighted by atomic mass is 32.2. The molecule has 6 heteroatoms. The van der Waals surface area contributed by atoms with Gasteiger partial charge in [-0.05, 0) is 37.1 Å². The van der Waals surface area contributed by atoms with E-state index in [1.807, 2.05) is 36.4 Å². The molecular weight excluding hydrogens is 346 g/mol.